The molecule has 30 heavy (non-hydrogen) atoms. The van der Waals surface area contributed by atoms with Crippen LogP contribution in [0.15, 0.2) is 36.7 Å². The molecule has 1 aliphatic carbocycles. The van der Waals surface area contributed by atoms with Crippen molar-refractivity contribution in [3.05, 3.63) is 46.6 Å². The minimum Gasteiger partial charge on any atom is -0.382 e. The van der Waals surface area contributed by atoms with E-state index in [2.05, 4.69) is 20.2 Å². The van der Waals surface area contributed by atoms with Gasteiger partial charge >= 0.3 is 6.18 Å². The first-order valence-electron chi connectivity index (χ1n) is 9.86. The summed E-state index contributed by atoms with van der Waals surface area (Å²) in [6.45, 7) is 1.73. The average molecular weight is 453 g/mol. The highest BCUT2D eigenvalue weighted by molar-refractivity contribution is 7.18. The van der Waals surface area contributed by atoms with Crippen LogP contribution < -0.4 is 10.2 Å². The van der Waals surface area contributed by atoms with E-state index in [0.29, 0.717) is 10.9 Å². The quantitative estimate of drug-likeness (QED) is 0.533. The summed E-state index contributed by atoms with van der Waals surface area (Å²) in [6, 6.07) is 9.76. The summed E-state index contributed by atoms with van der Waals surface area (Å²) in [4.78, 5) is 11.7. The number of rotatable bonds is 4. The highest BCUT2D eigenvalue weighted by Crippen LogP contribution is 2.50. The number of fused-ring (bicyclic) bond motifs is 1. The summed E-state index contributed by atoms with van der Waals surface area (Å²) < 4.78 is 38.4. The molecule has 2 fully saturated rings. The average Bonchev–Trinajstić information content (AvgIpc) is 3.23. The zero-order valence-electron chi connectivity index (χ0n) is 16.0. The normalized spacial score (nSPS) is 23.9. The Hall–Kier alpha value is -2.06. The summed E-state index contributed by atoms with van der Waals surface area (Å²) in [5.41, 5.74) is 1.27. The Morgan fingerprint density at radius 2 is 2.07 bits per heavy atom. The van der Waals surface area contributed by atoms with Crippen LogP contribution in [0.4, 0.5) is 24.7 Å². The number of aromatic nitrogens is 2. The topological polar surface area (TPSA) is 41.0 Å². The van der Waals surface area contributed by atoms with Crippen molar-refractivity contribution in [2.75, 3.05) is 23.3 Å². The summed E-state index contributed by atoms with van der Waals surface area (Å²) >= 11 is 7.16. The van der Waals surface area contributed by atoms with Gasteiger partial charge in [0.25, 0.3) is 0 Å². The van der Waals surface area contributed by atoms with Crippen molar-refractivity contribution in [1.82, 2.24) is 9.97 Å². The lowest BCUT2D eigenvalue weighted by molar-refractivity contribution is -0.126. The number of anilines is 2. The third-order valence-corrected chi connectivity index (χ3v) is 7.30. The van der Waals surface area contributed by atoms with E-state index in [4.69, 9.17) is 11.6 Å². The zero-order chi connectivity index (χ0) is 20.9. The Labute approximate surface area is 181 Å². The lowest BCUT2D eigenvalue weighted by Crippen LogP contribution is -2.46. The van der Waals surface area contributed by atoms with Crippen LogP contribution in [-0.2, 0) is 6.42 Å². The molecule has 4 nitrogen and oxygen atoms in total. The molecular formula is C21H20ClF3N4S. The largest absolute Gasteiger partial charge is 0.393 e. The van der Waals surface area contributed by atoms with Crippen molar-refractivity contribution < 1.29 is 13.2 Å². The van der Waals surface area contributed by atoms with Crippen LogP contribution in [0.25, 0.3) is 10.2 Å². The van der Waals surface area contributed by atoms with Gasteiger partial charge in [0.2, 0.25) is 0 Å². The maximum Gasteiger partial charge on any atom is 0.393 e. The molecule has 158 valence electrons. The molecule has 0 amide bonds. The third-order valence-electron chi connectivity index (χ3n) is 6.03. The first-order valence-corrected chi connectivity index (χ1v) is 11.1. The molecule has 2 aliphatic rings. The van der Waals surface area contributed by atoms with Gasteiger partial charge in [-0.15, -0.1) is 11.3 Å². The van der Waals surface area contributed by atoms with Crippen molar-refractivity contribution in [2.24, 2.45) is 5.41 Å². The van der Waals surface area contributed by atoms with Gasteiger partial charge in [-0.1, -0.05) is 17.7 Å². The van der Waals surface area contributed by atoms with Crippen molar-refractivity contribution >= 4 is 44.7 Å². The fourth-order valence-electron chi connectivity index (χ4n) is 4.78. The molecule has 0 unspecified atom stereocenters. The monoisotopic (exact) mass is 452 g/mol. The predicted octanol–water partition coefficient (Wildman–Crippen LogP) is 5.92. The molecule has 1 spiro atoms. The molecule has 3 heterocycles. The predicted molar refractivity (Wildman–Crippen MR) is 115 cm³/mol. The van der Waals surface area contributed by atoms with Crippen molar-refractivity contribution in [2.45, 2.75) is 37.9 Å². The molecule has 1 aromatic carbocycles. The van der Waals surface area contributed by atoms with Crippen molar-refractivity contribution in [3.63, 3.8) is 0 Å². The van der Waals surface area contributed by atoms with Gasteiger partial charge in [-0.2, -0.15) is 13.2 Å². The van der Waals surface area contributed by atoms with Gasteiger partial charge in [-0.3, -0.25) is 0 Å². The number of thiophene rings is 1. The highest BCUT2D eigenvalue weighted by Gasteiger charge is 2.49. The standard InChI is InChI=1S/C21H20ClF3N4S/c22-13-2-1-3-14(6-13)28-15-8-20(9-15)4-5-29(11-20)18-17-7-16(10-21(23,24)25)30-19(17)27-12-26-18/h1-3,6-7,12,15,28H,4-5,8-11H2. The first kappa shape index (κ1) is 19.9. The summed E-state index contributed by atoms with van der Waals surface area (Å²) in [7, 11) is 0. The molecule has 0 radical (unpaired) electrons. The Balaban J connectivity index is 1.28. The summed E-state index contributed by atoms with van der Waals surface area (Å²) in [6.07, 6.45) is -0.496. The SMILES string of the molecule is FC(F)(F)Cc1cc2c(N3CCC4(CC(Nc5cccc(Cl)c5)C4)C3)ncnc2s1. The second-order valence-corrected chi connectivity index (χ2v) is 9.90. The molecule has 0 bridgehead atoms. The van der Waals surface area contributed by atoms with Gasteiger partial charge in [0.1, 0.15) is 17.0 Å². The molecule has 1 N–H and O–H groups in total. The molecular weight excluding hydrogens is 433 g/mol. The van der Waals surface area contributed by atoms with E-state index in [1.165, 1.54) is 6.33 Å². The van der Waals surface area contributed by atoms with E-state index in [1.807, 2.05) is 24.3 Å². The molecule has 9 heteroatoms. The smallest absolute Gasteiger partial charge is 0.382 e. The van der Waals surface area contributed by atoms with E-state index in [-0.39, 0.29) is 10.3 Å². The van der Waals surface area contributed by atoms with Crippen LogP contribution in [0.2, 0.25) is 5.02 Å². The van der Waals surface area contributed by atoms with Gasteiger partial charge < -0.3 is 10.2 Å². The lowest BCUT2D eigenvalue weighted by Gasteiger charge is -2.46. The molecule has 2 aromatic heterocycles. The Bertz CT molecular complexity index is 1080. The molecule has 0 atom stereocenters. The number of alkyl halides is 3. The van der Waals surface area contributed by atoms with Crippen LogP contribution >= 0.6 is 22.9 Å². The van der Waals surface area contributed by atoms with Gasteiger partial charge in [-0.05, 0) is 48.9 Å². The van der Waals surface area contributed by atoms with Gasteiger partial charge in [0.15, 0.2) is 0 Å². The Kier molecular flexibility index (Phi) is 4.82. The van der Waals surface area contributed by atoms with E-state index in [0.717, 1.165) is 65.6 Å². The van der Waals surface area contributed by atoms with Crippen molar-refractivity contribution in [1.29, 1.82) is 0 Å². The minimum absolute atomic E-state index is 0.234. The summed E-state index contributed by atoms with van der Waals surface area (Å²) in [5, 5.41) is 4.99. The zero-order valence-corrected chi connectivity index (χ0v) is 17.6. The molecule has 1 saturated carbocycles. The number of halogens is 4. The van der Waals surface area contributed by atoms with Crippen molar-refractivity contribution in [3.8, 4) is 0 Å². The lowest BCUT2D eigenvalue weighted by atomic mass is 9.65. The van der Waals surface area contributed by atoms with E-state index >= 15 is 0 Å². The molecule has 3 aromatic rings. The second kappa shape index (κ2) is 7.27. The van der Waals surface area contributed by atoms with Crippen LogP contribution in [0.3, 0.4) is 0 Å². The number of nitrogens with one attached hydrogen (secondary N) is 1. The fraction of sp³-hybridized carbons (Fsp3) is 0.429. The Morgan fingerprint density at radius 1 is 1.23 bits per heavy atom. The molecule has 1 saturated heterocycles. The Morgan fingerprint density at radius 3 is 2.83 bits per heavy atom. The van der Waals surface area contributed by atoms with Crippen LogP contribution in [0.5, 0.6) is 0 Å². The van der Waals surface area contributed by atoms with E-state index < -0.39 is 12.6 Å². The fourth-order valence-corrected chi connectivity index (χ4v) is 5.99. The number of hydrogen-bond acceptors (Lipinski definition) is 5. The van der Waals surface area contributed by atoms with Gasteiger partial charge in [0.05, 0.1) is 11.8 Å². The molecule has 5 rings (SSSR count). The van der Waals surface area contributed by atoms with E-state index in [1.54, 1.807) is 6.07 Å². The second-order valence-electron chi connectivity index (χ2n) is 8.35. The number of hydrogen-bond donors (Lipinski definition) is 1. The van der Waals surface area contributed by atoms with Gasteiger partial charge in [-0.25, -0.2) is 9.97 Å². The van der Waals surface area contributed by atoms with Crippen LogP contribution in [0.1, 0.15) is 24.1 Å². The van der Waals surface area contributed by atoms with Gasteiger partial charge in [0, 0.05) is 34.7 Å². The maximum absolute atomic E-state index is 12.8. The molecule has 1 aliphatic heterocycles. The summed E-state index contributed by atoms with van der Waals surface area (Å²) in [5.74, 6) is 0.757. The van der Waals surface area contributed by atoms with Crippen LogP contribution in [0, 0.1) is 5.41 Å². The number of nitrogens with zero attached hydrogens (tertiary/aromatic N) is 3. The highest BCUT2D eigenvalue weighted by atomic mass is 35.5. The third kappa shape index (κ3) is 3.95. The minimum atomic E-state index is -4.22. The maximum atomic E-state index is 12.8. The van der Waals surface area contributed by atoms with Crippen LogP contribution in [-0.4, -0.2) is 35.3 Å². The number of benzene rings is 1. The first-order chi connectivity index (χ1) is 14.3. The van der Waals surface area contributed by atoms with E-state index in [9.17, 15) is 13.2 Å².